The molecule has 4 rings (SSSR count). The molecule has 21 heavy (non-hydrogen) atoms. The van der Waals surface area contributed by atoms with E-state index in [0.717, 1.165) is 33.2 Å². The maximum absolute atomic E-state index is 4.73. The highest BCUT2D eigenvalue weighted by Gasteiger charge is 2.04. The molecule has 0 saturated carbocycles. The summed E-state index contributed by atoms with van der Waals surface area (Å²) in [7, 11) is 0. The second kappa shape index (κ2) is 4.91. The Labute approximate surface area is 123 Å². The Hall–Kier alpha value is -2.87. The Bertz CT molecular complexity index is 914. The zero-order valence-corrected chi connectivity index (χ0v) is 11.4. The van der Waals surface area contributed by atoms with Gasteiger partial charge in [0.05, 0.1) is 11.0 Å². The highest BCUT2D eigenvalue weighted by Crippen LogP contribution is 2.28. The van der Waals surface area contributed by atoms with Gasteiger partial charge < -0.3 is 5.32 Å². The van der Waals surface area contributed by atoms with Gasteiger partial charge in [0.1, 0.15) is 0 Å². The topological polar surface area (TPSA) is 24.9 Å². The van der Waals surface area contributed by atoms with Crippen molar-refractivity contribution in [2.24, 2.45) is 0 Å². The third-order valence-electron chi connectivity index (χ3n) is 3.54. The van der Waals surface area contributed by atoms with Crippen LogP contribution in [0.15, 0.2) is 72.8 Å². The molecule has 1 heterocycles. The van der Waals surface area contributed by atoms with E-state index in [4.69, 9.17) is 4.98 Å². The lowest BCUT2D eigenvalue weighted by Crippen LogP contribution is -1.92. The first kappa shape index (κ1) is 11.9. The Morgan fingerprint density at radius 3 is 2.57 bits per heavy atom. The number of pyridine rings is 1. The minimum absolute atomic E-state index is 0.957. The highest BCUT2D eigenvalue weighted by atomic mass is 14.9. The maximum Gasteiger partial charge on any atom is 0.0730 e. The second-order valence-electron chi connectivity index (χ2n) is 4.95. The zero-order valence-electron chi connectivity index (χ0n) is 11.4. The number of anilines is 2. The van der Waals surface area contributed by atoms with Crippen LogP contribution in [0.3, 0.4) is 0 Å². The SMILES string of the molecule is [c]1ccccc1Nc1cccc2nc3ccccc3cc12. The molecule has 0 spiro atoms. The van der Waals surface area contributed by atoms with Gasteiger partial charge in [0.25, 0.3) is 0 Å². The average molecular weight is 269 g/mol. The molecule has 2 heteroatoms. The molecular formula is C19H13N2. The number of fused-ring (bicyclic) bond motifs is 2. The molecule has 1 N–H and O–H groups in total. The summed E-state index contributed by atoms with van der Waals surface area (Å²) < 4.78 is 0. The number of para-hydroxylation sites is 2. The number of nitrogens with one attached hydrogen (secondary N) is 1. The van der Waals surface area contributed by atoms with Crippen LogP contribution in [0.1, 0.15) is 0 Å². The molecule has 0 bridgehead atoms. The Kier molecular flexibility index (Phi) is 2.79. The van der Waals surface area contributed by atoms with Gasteiger partial charge in [0, 0.05) is 28.2 Å². The van der Waals surface area contributed by atoms with Gasteiger partial charge in [-0.05, 0) is 30.3 Å². The number of rotatable bonds is 2. The quantitative estimate of drug-likeness (QED) is 0.522. The molecule has 0 saturated heterocycles. The van der Waals surface area contributed by atoms with Gasteiger partial charge in [-0.1, -0.05) is 42.5 Å². The van der Waals surface area contributed by atoms with E-state index in [1.807, 2.05) is 54.6 Å². The number of benzene rings is 3. The number of aromatic nitrogens is 1. The van der Waals surface area contributed by atoms with Crippen molar-refractivity contribution in [3.8, 4) is 0 Å². The molecule has 2 nitrogen and oxygen atoms in total. The summed E-state index contributed by atoms with van der Waals surface area (Å²) in [5, 5.41) is 5.68. The first-order valence-corrected chi connectivity index (χ1v) is 6.92. The minimum Gasteiger partial charge on any atom is -0.354 e. The van der Waals surface area contributed by atoms with Crippen molar-refractivity contribution < 1.29 is 0 Å². The number of hydrogen-bond donors (Lipinski definition) is 1. The van der Waals surface area contributed by atoms with Gasteiger partial charge in [-0.25, -0.2) is 4.98 Å². The predicted molar refractivity (Wildman–Crippen MR) is 87.8 cm³/mol. The minimum atomic E-state index is 0.957. The third kappa shape index (κ3) is 2.21. The van der Waals surface area contributed by atoms with Crippen molar-refractivity contribution in [2.45, 2.75) is 0 Å². The first-order valence-electron chi connectivity index (χ1n) is 6.92. The first-order chi connectivity index (χ1) is 10.4. The fraction of sp³-hybridized carbons (Fsp3) is 0. The summed E-state index contributed by atoms with van der Waals surface area (Å²) in [4.78, 5) is 4.73. The van der Waals surface area contributed by atoms with Crippen molar-refractivity contribution in [1.82, 2.24) is 4.98 Å². The van der Waals surface area contributed by atoms with Crippen LogP contribution in [0.4, 0.5) is 11.4 Å². The van der Waals surface area contributed by atoms with Crippen molar-refractivity contribution in [2.75, 3.05) is 5.32 Å². The summed E-state index contributed by atoms with van der Waals surface area (Å²) in [5.41, 5.74) is 4.02. The lowest BCUT2D eigenvalue weighted by atomic mass is 10.1. The summed E-state index contributed by atoms with van der Waals surface area (Å²) in [6.45, 7) is 0. The largest absolute Gasteiger partial charge is 0.354 e. The molecule has 0 aliphatic rings. The van der Waals surface area contributed by atoms with Gasteiger partial charge >= 0.3 is 0 Å². The molecule has 1 aromatic heterocycles. The molecule has 99 valence electrons. The Morgan fingerprint density at radius 1 is 0.810 bits per heavy atom. The monoisotopic (exact) mass is 269 g/mol. The van der Waals surface area contributed by atoms with Gasteiger partial charge in [0.15, 0.2) is 0 Å². The van der Waals surface area contributed by atoms with Gasteiger partial charge in [-0.2, -0.15) is 0 Å². The molecule has 0 unspecified atom stereocenters. The van der Waals surface area contributed by atoms with E-state index >= 15 is 0 Å². The molecule has 0 atom stereocenters. The molecule has 4 aromatic rings. The van der Waals surface area contributed by atoms with Crippen LogP contribution in [0.25, 0.3) is 21.8 Å². The van der Waals surface area contributed by atoms with E-state index in [1.165, 1.54) is 0 Å². The zero-order chi connectivity index (χ0) is 14.1. The predicted octanol–water partition coefficient (Wildman–Crippen LogP) is 4.93. The van der Waals surface area contributed by atoms with Crippen LogP contribution in [0.5, 0.6) is 0 Å². The average Bonchev–Trinajstić information content (AvgIpc) is 2.54. The smallest absolute Gasteiger partial charge is 0.0730 e. The summed E-state index contributed by atoms with van der Waals surface area (Å²) in [6, 6.07) is 27.6. The van der Waals surface area contributed by atoms with Crippen LogP contribution in [-0.2, 0) is 0 Å². The Morgan fingerprint density at radius 2 is 1.67 bits per heavy atom. The molecule has 0 aliphatic heterocycles. The Balaban J connectivity index is 1.90. The van der Waals surface area contributed by atoms with Crippen LogP contribution in [-0.4, -0.2) is 4.98 Å². The fourth-order valence-electron chi connectivity index (χ4n) is 2.52. The molecule has 1 radical (unpaired) electrons. The van der Waals surface area contributed by atoms with Gasteiger partial charge in [-0.15, -0.1) is 0 Å². The molecular weight excluding hydrogens is 256 g/mol. The van der Waals surface area contributed by atoms with Crippen LogP contribution >= 0.6 is 0 Å². The fourth-order valence-corrected chi connectivity index (χ4v) is 2.52. The normalized spacial score (nSPS) is 10.9. The van der Waals surface area contributed by atoms with Crippen molar-refractivity contribution in [3.63, 3.8) is 0 Å². The summed E-state index contributed by atoms with van der Waals surface area (Å²) in [6.07, 6.45) is 0. The van der Waals surface area contributed by atoms with Crippen LogP contribution < -0.4 is 5.32 Å². The van der Waals surface area contributed by atoms with Gasteiger partial charge in [-0.3, -0.25) is 0 Å². The van der Waals surface area contributed by atoms with Crippen LogP contribution in [0, 0.1) is 6.07 Å². The lowest BCUT2D eigenvalue weighted by Gasteiger charge is -2.10. The maximum atomic E-state index is 4.73. The molecule has 0 aliphatic carbocycles. The number of hydrogen-bond acceptors (Lipinski definition) is 2. The lowest BCUT2D eigenvalue weighted by molar-refractivity contribution is 1.49. The highest BCUT2D eigenvalue weighted by molar-refractivity contribution is 6.00. The molecule has 0 fully saturated rings. The van der Waals surface area contributed by atoms with E-state index in [2.05, 4.69) is 29.6 Å². The third-order valence-corrected chi connectivity index (χ3v) is 3.54. The van der Waals surface area contributed by atoms with E-state index < -0.39 is 0 Å². The van der Waals surface area contributed by atoms with Crippen molar-refractivity contribution in [1.29, 1.82) is 0 Å². The standard InChI is InChI=1S/C19H13N2/c1-2-8-15(9-3-1)20-18-11-6-12-19-16(18)13-14-7-4-5-10-17(14)21-19/h1-8,10-13,20H. The van der Waals surface area contributed by atoms with E-state index in [1.54, 1.807) is 0 Å². The van der Waals surface area contributed by atoms with Crippen LogP contribution in [0.2, 0.25) is 0 Å². The van der Waals surface area contributed by atoms with E-state index in [0.29, 0.717) is 0 Å². The summed E-state index contributed by atoms with van der Waals surface area (Å²) in [5.74, 6) is 0. The second-order valence-corrected chi connectivity index (χ2v) is 4.95. The van der Waals surface area contributed by atoms with E-state index in [-0.39, 0.29) is 0 Å². The van der Waals surface area contributed by atoms with E-state index in [9.17, 15) is 0 Å². The number of nitrogens with zero attached hydrogens (tertiary/aromatic N) is 1. The molecule has 0 amide bonds. The van der Waals surface area contributed by atoms with Crippen molar-refractivity contribution in [3.05, 3.63) is 78.9 Å². The summed E-state index contributed by atoms with van der Waals surface area (Å²) >= 11 is 0. The van der Waals surface area contributed by atoms with Crippen molar-refractivity contribution >= 4 is 33.2 Å². The molecule has 3 aromatic carbocycles. The van der Waals surface area contributed by atoms with Gasteiger partial charge in [0.2, 0.25) is 0 Å².